The molecule has 0 atom stereocenters. The maximum absolute atomic E-state index is 10.6. The number of halogens is 3. The predicted octanol–water partition coefficient (Wildman–Crippen LogP) is 3.46. The molecule has 2 aromatic rings. The average Bonchev–Trinajstić information content (AvgIpc) is 2.58. The van der Waals surface area contributed by atoms with Crippen LogP contribution in [0.4, 0.5) is 5.69 Å². The molecule has 0 bridgehead atoms. The molecule has 0 amide bonds. The highest BCUT2D eigenvalue weighted by molar-refractivity contribution is 9.13. The molecular formula is C8H3Br3N4O2. The standard InChI is InChI=1S/C8H3Br3N4O2/c9-5-3-4(15(16)17)1-2-6(5)14-12-7(10)8(11)13-14/h1-3H. The van der Waals surface area contributed by atoms with Gasteiger partial charge in [-0.25, -0.2) is 0 Å². The average molecular weight is 427 g/mol. The molecule has 9 heteroatoms. The largest absolute Gasteiger partial charge is 0.270 e. The smallest absolute Gasteiger partial charge is 0.258 e. The molecule has 0 aliphatic heterocycles. The monoisotopic (exact) mass is 424 g/mol. The first kappa shape index (κ1) is 12.7. The number of nitro benzene ring substituents is 1. The second kappa shape index (κ2) is 4.83. The first-order chi connectivity index (χ1) is 7.99. The number of benzene rings is 1. The molecule has 1 heterocycles. The van der Waals surface area contributed by atoms with E-state index in [-0.39, 0.29) is 5.69 Å². The van der Waals surface area contributed by atoms with Crippen LogP contribution in [0.2, 0.25) is 0 Å². The van der Waals surface area contributed by atoms with Crippen molar-refractivity contribution in [2.45, 2.75) is 0 Å². The van der Waals surface area contributed by atoms with E-state index in [0.29, 0.717) is 19.4 Å². The van der Waals surface area contributed by atoms with Gasteiger partial charge >= 0.3 is 0 Å². The van der Waals surface area contributed by atoms with Gasteiger partial charge in [0.25, 0.3) is 5.69 Å². The Morgan fingerprint density at radius 2 is 1.76 bits per heavy atom. The maximum Gasteiger partial charge on any atom is 0.270 e. The number of rotatable bonds is 2. The van der Waals surface area contributed by atoms with Crippen LogP contribution in [0.15, 0.2) is 31.9 Å². The van der Waals surface area contributed by atoms with E-state index in [1.807, 2.05) is 0 Å². The predicted molar refractivity (Wildman–Crippen MR) is 71.1 cm³/mol. The van der Waals surface area contributed by atoms with Crippen LogP contribution in [0.3, 0.4) is 0 Å². The van der Waals surface area contributed by atoms with E-state index in [2.05, 4.69) is 58.0 Å². The molecule has 6 nitrogen and oxygen atoms in total. The van der Waals surface area contributed by atoms with Crippen LogP contribution in [-0.2, 0) is 0 Å². The van der Waals surface area contributed by atoms with Gasteiger partial charge in [-0.15, -0.1) is 15.0 Å². The molecule has 0 unspecified atom stereocenters. The van der Waals surface area contributed by atoms with Crippen molar-refractivity contribution >= 4 is 53.5 Å². The third kappa shape index (κ3) is 2.55. The summed E-state index contributed by atoms with van der Waals surface area (Å²) in [5, 5.41) is 18.8. The Morgan fingerprint density at radius 1 is 1.18 bits per heavy atom. The van der Waals surface area contributed by atoms with Crippen molar-refractivity contribution in [1.82, 2.24) is 15.0 Å². The summed E-state index contributed by atoms with van der Waals surface area (Å²) in [6, 6.07) is 4.37. The minimum atomic E-state index is -0.461. The van der Waals surface area contributed by atoms with E-state index in [9.17, 15) is 10.1 Å². The Kier molecular flexibility index (Phi) is 3.59. The van der Waals surface area contributed by atoms with Crippen LogP contribution in [0.5, 0.6) is 0 Å². The molecule has 2 rings (SSSR count). The first-order valence-corrected chi connectivity index (χ1v) is 6.59. The van der Waals surface area contributed by atoms with Gasteiger partial charge in [-0.1, -0.05) is 0 Å². The van der Waals surface area contributed by atoms with Crippen molar-refractivity contribution in [3.05, 3.63) is 42.0 Å². The zero-order valence-electron chi connectivity index (χ0n) is 7.97. The summed E-state index contributed by atoms with van der Waals surface area (Å²) in [6.45, 7) is 0. The lowest BCUT2D eigenvalue weighted by Gasteiger charge is -2.01. The second-order valence-corrected chi connectivity index (χ2v) is 5.32. The fourth-order valence-corrected chi connectivity index (χ4v) is 2.13. The summed E-state index contributed by atoms with van der Waals surface area (Å²) in [5.74, 6) is 0. The van der Waals surface area contributed by atoms with Crippen LogP contribution in [0.1, 0.15) is 0 Å². The summed E-state index contributed by atoms with van der Waals surface area (Å²) in [7, 11) is 0. The molecule has 1 aromatic carbocycles. The summed E-state index contributed by atoms with van der Waals surface area (Å²) >= 11 is 9.67. The molecule has 0 N–H and O–H groups in total. The first-order valence-electron chi connectivity index (χ1n) is 4.21. The third-order valence-corrected chi connectivity index (χ3v) is 4.13. The van der Waals surface area contributed by atoms with E-state index >= 15 is 0 Å². The fraction of sp³-hybridized carbons (Fsp3) is 0. The second-order valence-electron chi connectivity index (χ2n) is 2.96. The molecular weight excluding hydrogens is 424 g/mol. The fourth-order valence-electron chi connectivity index (χ4n) is 1.15. The number of non-ortho nitro benzene ring substituents is 1. The van der Waals surface area contributed by atoms with Gasteiger partial charge < -0.3 is 0 Å². The summed E-state index contributed by atoms with van der Waals surface area (Å²) < 4.78 is 1.66. The van der Waals surface area contributed by atoms with Gasteiger partial charge in [0.1, 0.15) is 5.69 Å². The molecule has 0 saturated carbocycles. The minimum absolute atomic E-state index is 0.00547. The van der Waals surface area contributed by atoms with Crippen molar-refractivity contribution < 1.29 is 4.92 Å². The van der Waals surface area contributed by atoms with Crippen LogP contribution in [-0.4, -0.2) is 19.9 Å². The van der Waals surface area contributed by atoms with Crippen LogP contribution in [0, 0.1) is 10.1 Å². The summed E-state index contributed by atoms with van der Waals surface area (Å²) in [5.41, 5.74) is 0.618. The van der Waals surface area contributed by atoms with Gasteiger partial charge in [0.2, 0.25) is 0 Å². The SMILES string of the molecule is O=[N+]([O-])c1ccc(-n2nc(Br)c(Br)n2)c(Br)c1. The zero-order chi connectivity index (χ0) is 12.6. The van der Waals surface area contributed by atoms with Gasteiger partial charge in [-0.05, 0) is 53.9 Å². The Labute approximate surface area is 121 Å². The van der Waals surface area contributed by atoms with Gasteiger partial charge in [-0.2, -0.15) is 0 Å². The van der Waals surface area contributed by atoms with Crippen molar-refractivity contribution in [3.63, 3.8) is 0 Å². The highest BCUT2D eigenvalue weighted by Crippen LogP contribution is 2.27. The van der Waals surface area contributed by atoms with Crippen molar-refractivity contribution in [3.8, 4) is 5.69 Å². The molecule has 0 spiro atoms. The van der Waals surface area contributed by atoms with Crippen LogP contribution >= 0.6 is 47.8 Å². The highest BCUT2D eigenvalue weighted by Gasteiger charge is 2.13. The van der Waals surface area contributed by atoms with Gasteiger partial charge in [0.15, 0.2) is 9.21 Å². The Balaban J connectivity index is 2.50. The minimum Gasteiger partial charge on any atom is -0.258 e. The van der Waals surface area contributed by atoms with Crippen molar-refractivity contribution in [1.29, 1.82) is 0 Å². The molecule has 0 fully saturated rings. The number of nitrogens with zero attached hydrogens (tertiary/aromatic N) is 4. The molecule has 88 valence electrons. The van der Waals surface area contributed by atoms with Gasteiger partial charge in [0.05, 0.1) is 9.40 Å². The molecule has 0 aliphatic rings. The van der Waals surface area contributed by atoms with Crippen molar-refractivity contribution in [2.24, 2.45) is 0 Å². The number of hydrogen-bond acceptors (Lipinski definition) is 4. The van der Waals surface area contributed by atoms with Crippen LogP contribution in [0.25, 0.3) is 5.69 Å². The lowest BCUT2D eigenvalue weighted by atomic mass is 10.3. The normalized spacial score (nSPS) is 10.5. The van der Waals surface area contributed by atoms with E-state index in [1.165, 1.54) is 16.9 Å². The molecule has 17 heavy (non-hydrogen) atoms. The topological polar surface area (TPSA) is 73.8 Å². The summed E-state index contributed by atoms with van der Waals surface area (Å²) in [4.78, 5) is 11.5. The van der Waals surface area contributed by atoms with Gasteiger partial charge in [-0.3, -0.25) is 10.1 Å². The molecule has 0 saturated heterocycles. The third-order valence-electron chi connectivity index (χ3n) is 1.89. The lowest BCUT2D eigenvalue weighted by molar-refractivity contribution is -0.384. The number of hydrogen-bond donors (Lipinski definition) is 0. The Bertz CT molecular complexity index is 579. The molecule has 1 aromatic heterocycles. The van der Waals surface area contributed by atoms with E-state index in [1.54, 1.807) is 6.07 Å². The van der Waals surface area contributed by atoms with Gasteiger partial charge in [0, 0.05) is 12.1 Å². The molecule has 0 aliphatic carbocycles. The summed E-state index contributed by atoms with van der Waals surface area (Å²) in [6.07, 6.45) is 0. The van der Waals surface area contributed by atoms with E-state index < -0.39 is 4.92 Å². The van der Waals surface area contributed by atoms with Crippen molar-refractivity contribution in [2.75, 3.05) is 0 Å². The number of aromatic nitrogens is 3. The Morgan fingerprint density at radius 3 is 2.24 bits per heavy atom. The maximum atomic E-state index is 10.6. The van der Waals surface area contributed by atoms with E-state index in [4.69, 9.17) is 0 Å². The number of nitro groups is 1. The van der Waals surface area contributed by atoms with E-state index in [0.717, 1.165) is 0 Å². The highest BCUT2D eigenvalue weighted by atomic mass is 79.9. The quantitative estimate of drug-likeness (QED) is 0.544. The molecule has 0 radical (unpaired) electrons. The lowest BCUT2D eigenvalue weighted by Crippen LogP contribution is -2.00. The zero-order valence-corrected chi connectivity index (χ0v) is 12.7. The van der Waals surface area contributed by atoms with Crippen LogP contribution < -0.4 is 0 Å². The Hall–Kier alpha value is -0.800.